The Morgan fingerprint density at radius 1 is 1.18 bits per heavy atom. The van der Waals surface area contributed by atoms with E-state index in [1.807, 2.05) is 56.1 Å². The normalized spacial score (nSPS) is 27.3. The van der Waals surface area contributed by atoms with Crippen molar-refractivity contribution in [1.82, 2.24) is 9.47 Å². The first kappa shape index (κ1) is 26.7. The summed E-state index contributed by atoms with van der Waals surface area (Å²) in [6, 6.07) is 14.1. The molecular weight excluding hydrogens is 508 g/mol. The summed E-state index contributed by atoms with van der Waals surface area (Å²) in [5, 5.41) is 10.6. The number of aryl methyl sites for hydroxylation is 1. The molecule has 212 valence electrons. The number of rotatable bonds is 7. The van der Waals surface area contributed by atoms with Gasteiger partial charge in [-0.15, -0.1) is 0 Å². The number of likely N-dealkylation sites (tertiary alicyclic amines) is 1. The first-order chi connectivity index (χ1) is 19.3. The van der Waals surface area contributed by atoms with Crippen molar-refractivity contribution in [3.63, 3.8) is 0 Å². The minimum atomic E-state index is -0.845. The van der Waals surface area contributed by atoms with Gasteiger partial charge in [-0.3, -0.25) is 9.59 Å². The van der Waals surface area contributed by atoms with Gasteiger partial charge in [0.2, 0.25) is 5.91 Å². The number of carboxylic acids is 1. The van der Waals surface area contributed by atoms with Crippen molar-refractivity contribution in [3.8, 4) is 11.5 Å². The van der Waals surface area contributed by atoms with Crippen molar-refractivity contribution in [1.29, 1.82) is 0 Å². The van der Waals surface area contributed by atoms with Crippen molar-refractivity contribution in [2.75, 3.05) is 19.7 Å². The molecule has 0 radical (unpaired) electrons. The van der Waals surface area contributed by atoms with E-state index < -0.39 is 11.6 Å². The number of hydrogen-bond donors (Lipinski definition) is 1. The predicted molar refractivity (Wildman–Crippen MR) is 151 cm³/mol. The molecule has 5 atom stereocenters. The minimum absolute atomic E-state index is 0.00952. The van der Waals surface area contributed by atoms with E-state index in [1.165, 1.54) is 0 Å². The second-order valence-corrected chi connectivity index (χ2v) is 11.7. The summed E-state index contributed by atoms with van der Waals surface area (Å²) in [6.45, 7) is 5.76. The molecule has 0 saturated carbocycles. The minimum Gasteiger partial charge on any atom is -0.490 e. The summed E-state index contributed by atoms with van der Waals surface area (Å²) in [5.41, 5.74) is 2.41. The SMILES string of the molecule is CCOc1cccc2c1O[C@@](C)(CCC(=O)O)[C@@H]1C[C@@H]3CN(C(=O)Cc4cn(C)c5ccccc45)CC[C@H]3O[C@@H]21. The molecule has 8 heteroatoms. The number of piperidine rings is 1. The van der Waals surface area contributed by atoms with Crippen molar-refractivity contribution in [2.45, 2.75) is 63.8 Å². The Hall–Kier alpha value is -3.52. The molecule has 40 heavy (non-hydrogen) atoms. The number of ether oxygens (including phenoxy) is 3. The van der Waals surface area contributed by atoms with Crippen LogP contribution in [0.15, 0.2) is 48.7 Å². The van der Waals surface area contributed by atoms with Gasteiger partial charge in [0.15, 0.2) is 11.5 Å². The Labute approximate surface area is 234 Å². The molecule has 1 N–H and O–H groups in total. The third-order valence-electron chi connectivity index (χ3n) is 9.15. The van der Waals surface area contributed by atoms with E-state index >= 15 is 0 Å². The number of hydrogen-bond acceptors (Lipinski definition) is 5. The van der Waals surface area contributed by atoms with Gasteiger partial charge in [0.25, 0.3) is 0 Å². The van der Waals surface area contributed by atoms with Crippen LogP contribution in [-0.4, -0.2) is 57.9 Å². The van der Waals surface area contributed by atoms with Crippen LogP contribution in [0.3, 0.4) is 0 Å². The van der Waals surface area contributed by atoms with Crippen LogP contribution >= 0.6 is 0 Å². The van der Waals surface area contributed by atoms with Gasteiger partial charge in [-0.25, -0.2) is 0 Å². The molecule has 3 aliphatic rings. The first-order valence-corrected chi connectivity index (χ1v) is 14.4. The van der Waals surface area contributed by atoms with Crippen LogP contribution in [0.5, 0.6) is 11.5 Å². The van der Waals surface area contributed by atoms with Crippen LogP contribution in [0, 0.1) is 11.8 Å². The van der Waals surface area contributed by atoms with Crippen LogP contribution in [0.25, 0.3) is 10.9 Å². The number of fused-ring (bicyclic) bond motifs is 5. The average Bonchev–Trinajstić information content (AvgIpc) is 3.26. The van der Waals surface area contributed by atoms with E-state index in [0.717, 1.165) is 34.9 Å². The summed E-state index contributed by atoms with van der Waals surface area (Å²) in [5.74, 6) is 0.751. The Kier molecular flexibility index (Phi) is 6.98. The van der Waals surface area contributed by atoms with E-state index in [1.54, 1.807) is 0 Å². The highest BCUT2D eigenvalue weighted by Crippen LogP contribution is 2.56. The number of para-hydroxylation sites is 2. The fourth-order valence-electron chi connectivity index (χ4n) is 7.11. The number of aromatic nitrogens is 1. The Balaban J connectivity index is 1.23. The van der Waals surface area contributed by atoms with Crippen LogP contribution in [0.2, 0.25) is 0 Å². The smallest absolute Gasteiger partial charge is 0.303 e. The summed E-state index contributed by atoms with van der Waals surface area (Å²) in [6.07, 6.45) is 4.23. The number of amides is 1. The molecule has 2 saturated heterocycles. The molecule has 4 heterocycles. The van der Waals surface area contributed by atoms with Gasteiger partial charge in [-0.05, 0) is 50.8 Å². The lowest BCUT2D eigenvalue weighted by atomic mass is 9.68. The lowest BCUT2D eigenvalue weighted by molar-refractivity contribution is -0.194. The number of benzene rings is 2. The van der Waals surface area contributed by atoms with Crippen molar-refractivity contribution in [3.05, 3.63) is 59.8 Å². The van der Waals surface area contributed by atoms with Gasteiger partial charge in [-0.1, -0.05) is 30.3 Å². The summed E-state index contributed by atoms with van der Waals surface area (Å²) >= 11 is 0. The van der Waals surface area contributed by atoms with Crippen LogP contribution < -0.4 is 9.47 Å². The molecule has 3 aliphatic heterocycles. The van der Waals surface area contributed by atoms with Crippen molar-refractivity contribution < 1.29 is 28.9 Å². The molecular formula is C32H38N2O6. The lowest BCUT2D eigenvalue weighted by Gasteiger charge is -2.54. The maximum absolute atomic E-state index is 13.5. The molecule has 2 aromatic carbocycles. The zero-order chi connectivity index (χ0) is 28.0. The highest BCUT2D eigenvalue weighted by Gasteiger charge is 2.54. The van der Waals surface area contributed by atoms with E-state index in [9.17, 15) is 14.7 Å². The molecule has 0 aliphatic carbocycles. The molecule has 1 amide bonds. The molecule has 2 fully saturated rings. The second-order valence-electron chi connectivity index (χ2n) is 11.7. The third-order valence-corrected chi connectivity index (χ3v) is 9.15. The van der Waals surface area contributed by atoms with Gasteiger partial charge in [-0.2, -0.15) is 0 Å². The second kappa shape index (κ2) is 10.5. The Bertz CT molecular complexity index is 1430. The van der Waals surface area contributed by atoms with Gasteiger partial charge in [0, 0.05) is 61.1 Å². The molecule has 8 nitrogen and oxygen atoms in total. The fraction of sp³-hybridized carbons (Fsp3) is 0.500. The zero-order valence-electron chi connectivity index (χ0n) is 23.5. The third kappa shape index (κ3) is 4.72. The summed E-state index contributed by atoms with van der Waals surface area (Å²) in [4.78, 5) is 27.1. The predicted octanol–water partition coefficient (Wildman–Crippen LogP) is 5.13. The first-order valence-electron chi connectivity index (χ1n) is 14.4. The van der Waals surface area contributed by atoms with E-state index in [2.05, 4.69) is 22.9 Å². The average molecular weight is 547 g/mol. The quantitative estimate of drug-likeness (QED) is 0.442. The number of carbonyl (C=O) groups is 2. The van der Waals surface area contributed by atoms with Gasteiger partial charge >= 0.3 is 5.97 Å². The van der Waals surface area contributed by atoms with E-state index in [0.29, 0.717) is 44.0 Å². The summed E-state index contributed by atoms with van der Waals surface area (Å²) < 4.78 is 21.5. The molecule has 0 spiro atoms. The highest BCUT2D eigenvalue weighted by atomic mass is 16.5. The number of aliphatic carboxylic acids is 1. The van der Waals surface area contributed by atoms with E-state index in [4.69, 9.17) is 14.2 Å². The van der Waals surface area contributed by atoms with Gasteiger partial charge in [0.1, 0.15) is 5.60 Å². The lowest BCUT2D eigenvalue weighted by Crippen LogP contribution is -2.57. The maximum Gasteiger partial charge on any atom is 0.303 e. The Morgan fingerprint density at radius 3 is 2.80 bits per heavy atom. The maximum atomic E-state index is 13.5. The van der Waals surface area contributed by atoms with Gasteiger partial charge < -0.3 is 28.8 Å². The highest BCUT2D eigenvalue weighted by molar-refractivity contribution is 5.89. The van der Waals surface area contributed by atoms with Crippen LogP contribution in [0.4, 0.5) is 0 Å². The summed E-state index contributed by atoms with van der Waals surface area (Å²) in [7, 11) is 2.01. The molecule has 3 aromatic rings. The molecule has 1 aromatic heterocycles. The van der Waals surface area contributed by atoms with Crippen molar-refractivity contribution in [2.24, 2.45) is 18.9 Å². The van der Waals surface area contributed by atoms with Crippen LogP contribution in [-0.2, 0) is 27.8 Å². The van der Waals surface area contributed by atoms with Crippen LogP contribution in [0.1, 0.15) is 56.8 Å². The number of carboxylic acid groups (broad SMARTS) is 1. The fourth-order valence-corrected chi connectivity index (χ4v) is 7.11. The Morgan fingerprint density at radius 2 is 2.00 bits per heavy atom. The zero-order valence-corrected chi connectivity index (χ0v) is 23.5. The standard InChI is InChI=1S/C32H38N2O6/c1-4-38-27-11-7-9-23-30-24(32(2,40-31(23)27)14-12-29(36)37)16-21-19-34(15-13-26(21)39-30)28(35)17-20-18-33(3)25-10-6-5-8-22(20)25/h5-11,18,21,24,26,30H,4,12-17,19H2,1-3H3,(H,36,37)/t21-,24-,26-,30+,32+/m1/s1. The number of nitrogens with zero attached hydrogens (tertiary/aromatic N) is 2. The van der Waals surface area contributed by atoms with Gasteiger partial charge in [0.05, 0.1) is 25.2 Å². The van der Waals surface area contributed by atoms with Crippen molar-refractivity contribution >= 4 is 22.8 Å². The van der Waals surface area contributed by atoms with E-state index in [-0.39, 0.29) is 36.4 Å². The molecule has 6 rings (SSSR count). The number of carbonyl (C=O) groups excluding carboxylic acids is 1. The monoisotopic (exact) mass is 546 g/mol. The topological polar surface area (TPSA) is 90.2 Å². The largest absolute Gasteiger partial charge is 0.490 e. The molecule has 0 bridgehead atoms. The molecule has 0 unspecified atom stereocenters.